The highest BCUT2D eigenvalue weighted by molar-refractivity contribution is 6.99. The van der Waals surface area contributed by atoms with Crippen LogP contribution in [-0.2, 0) is 11.3 Å². The van der Waals surface area contributed by atoms with E-state index in [0.29, 0.717) is 31.6 Å². The molecule has 2 amide bonds. The van der Waals surface area contributed by atoms with E-state index in [0.717, 1.165) is 11.7 Å². The first-order valence-electron chi connectivity index (χ1n) is 7.93. The topological polar surface area (TPSA) is 135 Å². The zero-order chi connectivity index (χ0) is 17.8. The van der Waals surface area contributed by atoms with Gasteiger partial charge in [0.25, 0.3) is 5.91 Å². The Morgan fingerprint density at radius 1 is 1.40 bits per heavy atom. The van der Waals surface area contributed by atoms with Crippen LogP contribution in [0.2, 0.25) is 0 Å². The van der Waals surface area contributed by atoms with E-state index in [4.69, 9.17) is 0 Å². The molecule has 0 radical (unpaired) electrons. The molecule has 11 heteroatoms. The van der Waals surface area contributed by atoms with Gasteiger partial charge in [-0.3, -0.25) is 14.3 Å². The highest BCUT2D eigenvalue weighted by atomic mass is 32.1. The van der Waals surface area contributed by atoms with Crippen LogP contribution in [0.25, 0.3) is 0 Å². The van der Waals surface area contributed by atoms with Crippen LogP contribution in [0.1, 0.15) is 29.0 Å². The molecule has 1 saturated carbocycles. The first-order chi connectivity index (χ1) is 12.0. The van der Waals surface area contributed by atoms with Gasteiger partial charge in [0, 0.05) is 12.5 Å². The molecular weight excluding hydrogens is 346 g/mol. The second-order valence-corrected chi connectivity index (χ2v) is 6.49. The maximum Gasteiger partial charge on any atom is 0.273 e. The highest BCUT2D eigenvalue weighted by Gasteiger charge is 2.38. The van der Waals surface area contributed by atoms with Gasteiger partial charge in [-0.25, -0.2) is 4.98 Å². The van der Waals surface area contributed by atoms with E-state index in [1.54, 1.807) is 17.9 Å². The molecule has 2 aromatic heterocycles. The van der Waals surface area contributed by atoms with Crippen LogP contribution in [0.3, 0.4) is 0 Å². The first kappa shape index (κ1) is 17.4. The molecule has 1 aliphatic rings. The van der Waals surface area contributed by atoms with Crippen molar-refractivity contribution >= 4 is 23.5 Å². The van der Waals surface area contributed by atoms with E-state index in [1.807, 2.05) is 0 Å². The molecule has 3 atom stereocenters. The van der Waals surface area contributed by atoms with Gasteiger partial charge in [0.05, 0.1) is 36.1 Å². The maximum atomic E-state index is 12.2. The number of nitrogens with one attached hydrogen (secondary N) is 2. The van der Waals surface area contributed by atoms with Crippen molar-refractivity contribution < 1.29 is 14.7 Å². The monoisotopic (exact) mass is 365 g/mol. The van der Waals surface area contributed by atoms with Crippen molar-refractivity contribution in [2.45, 2.75) is 38.5 Å². The van der Waals surface area contributed by atoms with Gasteiger partial charge in [0.2, 0.25) is 5.91 Å². The van der Waals surface area contributed by atoms with Gasteiger partial charge in [-0.05, 0) is 19.8 Å². The van der Waals surface area contributed by atoms with Crippen molar-refractivity contribution in [3.63, 3.8) is 0 Å². The van der Waals surface area contributed by atoms with E-state index in [2.05, 4.69) is 29.5 Å². The van der Waals surface area contributed by atoms with Crippen molar-refractivity contribution in [1.29, 1.82) is 0 Å². The molecule has 1 aliphatic carbocycles. The molecule has 0 aliphatic heterocycles. The van der Waals surface area contributed by atoms with E-state index < -0.39 is 12.1 Å². The summed E-state index contributed by atoms with van der Waals surface area (Å²) < 4.78 is 9.53. The van der Waals surface area contributed by atoms with Gasteiger partial charge >= 0.3 is 0 Å². The number of aliphatic hydroxyl groups is 1. The van der Waals surface area contributed by atoms with Crippen LogP contribution >= 0.6 is 11.7 Å². The average molecular weight is 365 g/mol. The lowest BCUT2D eigenvalue weighted by Crippen LogP contribution is -2.40. The highest BCUT2D eigenvalue weighted by Crippen LogP contribution is 2.26. The molecule has 0 saturated heterocycles. The molecule has 10 nitrogen and oxygen atoms in total. The Kier molecular flexibility index (Phi) is 5.34. The smallest absolute Gasteiger partial charge is 0.273 e. The molecule has 3 rings (SSSR count). The summed E-state index contributed by atoms with van der Waals surface area (Å²) in [7, 11) is 0. The Balaban J connectivity index is 1.48. The van der Waals surface area contributed by atoms with Gasteiger partial charge < -0.3 is 15.7 Å². The SMILES string of the molecule is Cc1nsnc1C(=O)N[C@@H]1C[C@H](C(=O)NCCn2cncn2)C[C@H]1O. The van der Waals surface area contributed by atoms with Gasteiger partial charge in [0.15, 0.2) is 5.69 Å². The predicted octanol–water partition coefficient (Wildman–Crippen LogP) is -0.876. The third-order valence-corrected chi connectivity index (χ3v) is 4.81. The Hall–Kier alpha value is -2.40. The Morgan fingerprint density at radius 3 is 2.92 bits per heavy atom. The molecule has 2 heterocycles. The second kappa shape index (κ2) is 7.66. The van der Waals surface area contributed by atoms with Gasteiger partial charge in [-0.15, -0.1) is 0 Å². The largest absolute Gasteiger partial charge is 0.391 e. The molecule has 3 N–H and O–H groups in total. The van der Waals surface area contributed by atoms with Crippen molar-refractivity contribution in [1.82, 2.24) is 34.1 Å². The summed E-state index contributed by atoms with van der Waals surface area (Å²) in [6, 6.07) is -0.473. The number of carbonyl (C=O) groups is 2. The summed E-state index contributed by atoms with van der Waals surface area (Å²) in [5.74, 6) is -0.851. The number of hydrogen-bond acceptors (Lipinski definition) is 8. The quantitative estimate of drug-likeness (QED) is 0.605. The maximum absolute atomic E-state index is 12.2. The molecule has 0 unspecified atom stereocenters. The fourth-order valence-electron chi connectivity index (χ4n) is 2.85. The lowest BCUT2D eigenvalue weighted by atomic mass is 10.1. The number of carbonyl (C=O) groups excluding carboxylic acids is 2. The van der Waals surface area contributed by atoms with E-state index in [9.17, 15) is 14.7 Å². The van der Waals surface area contributed by atoms with E-state index >= 15 is 0 Å². The fourth-order valence-corrected chi connectivity index (χ4v) is 3.39. The summed E-state index contributed by atoms with van der Waals surface area (Å²) in [5, 5.41) is 19.7. The molecule has 134 valence electrons. The Morgan fingerprint density at radius 2 is 2.24 bits per heavy atom. The van der Waals surface area contributed by atoms with Crippen LogP contribution in [0.4, 0.5) is 0 Å². The minimum atomic E-state index is -0.762. The normalized spacial score (nSPS) is 22.7. The van der Waals surface area contributed by atoms with Gasteiger partial charge in [0.1, 0.15) is 12.7 Å². The van der Waals surface area contributed by atoms with Crippen LogP contribution in [0.15, 0.2) is 12.7 Å². The van der Waals surface area contributed by atoms with Crippen LogP contribution in [0, 0.1) is 12.8 Å². The third-order valence-electron chi connectivity index (χ3n) is 4.19. The van der Waals surface area contributed by atoms with Crippen molar-refractivity contribution in [3.05, 3.63) is 24.0 Å². The zero-order valence-corrected chi connectivity index (χ0v) is 14.4. The van der Waals surface area contributed by atoms with Gasteiger partial charge in [-0.1, -0.05) is 0 Å². The summed E-state index contributed by atoms with van der Waals surface area (Å²) >= 11 is 0.968. The first-order valence-corrected chi connectivity index (χ1v) is 8.66. The number of aryl methyl sites for hydroxylation is 1. The average Bonchev–Trinajstić information content (AvgIpc) is 3.30. The number of aliphatic hydroxyl groups excluding tert-OH is 1. The van der Waals surface area contributed by atoms with Crippen molar-refractivity contribution in [2.24, 2.45) is 5.92 Å². The van der Waals surface area contributed by atoms with Gasteiger partial charge in [-0.2, -0.15) is 13.8 Å². The molecule has 0 bridgehead atoms. The summed E-state index contributed by atoms with van der Waals surface area (Å²) in [5.41, 5.74) is 0.815. The van der Waals surface area contributed by atoms with E-state index in [1.165, 1.54) is 6.33 Å². The predicted molar refractivity (Wildman–Crippen MR) is 87.7 cm³/mol. The lowest BCUT2D eigenvalue weighted by Gasteiger charge is -2.15. The Labute approximate surface area is 148 Å². The Bertz CT molecular complexity index is 733. The zero-order valence-electron chi connectivity index (χ0n) is 13.6. The minimum Gasteiger partial charge on any atom is -0.391 e. The molecule has 25 heavy (non-hydrogen) atoms. The lowest BCUT2D eigenvalue weighted by molar-refractivity contribution is -0.125. The van der Waals surface area contributed by atoms with E-state index in [-0.39, 0.29) is 23.4 Å². The minimum absolute atomic E-state index is 0.137. The molecule has 1 fully saturated rings. The molecule has 0 spiro atoms. The number of nitrogens with zero attached hydrogens (tertiary/aromatic N) is 5. The van der Waals surface area contributed by atoms with Crippen LogP contribution < -0.4 is 10.6 Å². The van der Waals surface area contributed by atoms with Crippen molar-refractivity contribution in [3.8, 4) is 0 Å². The molecular formula is C14H19N7O3S. The van der Waals surface area contributed by atoms with Crippen LogP contribution in [0.5, 0.6) is 0 Å². The number of amides is 2. The molecule has 2 aromatic rings. The second-order valence-electron chi connectivity index (χ2n) is 5.96. The van der Waals surface area contributed by atoms with Crippen LogP contribution in [-0.4, -0.2) is 59.1 Å². The number of aromatic nitrogens is 5. The van der Waals surface area contributed by atoms with Crippen molar-refractivity contribution in [2.75, 3.05) is 6.54 Å². The number of rotatable bonds is 6. The third kappa shape index (κ3) is 4.17. The fraction of sp³-hybridized carbons (Fsp3) is 0.571. The summed E-state index contributed by atoms with van der Waals surface area (Å²) in [4.78, 5) is 28.2. The molecule has 0 aromatic carbocycles. The summed E-state index contributed by atoms with van der Waals surface area (Å²) in [6.07, 6.45) is 2.95. The summed E-state index contributed by atoms with van der Waals surface area (Å²) in [6.45, 7) is 2.65. The standard InChI is InChI=1S/C14H19N7O3S/c1-8-12(20-25-19-8)14(24)18-10-4-9(5-11(10)22)13(23)16-2-3-21-7-15-6-17-21/h6-7,9-11,22H,2-5H2,1H3,(H,16,23)(H,18,24)/t9-,10+,11+/m0/s1. The number of hydrogen-bond donors (Lipinski definition) is 3.